The van der Waals surface area contributed by atoms with Crippen LogP contribution in [0.15, 0.2) is 55.1 Å². The van der Waals surface area contributed by atoms with Crippen LogP contribution in [0.4, 0.5) is 14.6 Å². The Morgan fingerprint density at radius 3 is 2.85 bits per heavy atom. The van der Waals surface area contributed by atoms with Gasteiger partial charge in [-0.05, 0) is 43.2 Å². The largest absolute Gasteiger partial charge is 0.349 e. The smallest absolute Gasteiger partial charge is 0.183 e. The van der Waals surface area contributed by atoms with Gasteiger partial charge in [-0.3, -0.25) is 0 Å². The zero-order valence-corrected chi connectivity index (χ0v) is 14.3. The van der Waals surface area contributed by atoms with Gasteiger partial charge in [0.1, 0.15) is 23.1 Å². The van der Waals surface area contributed by atoms with Crippen molar-refractivity contribution in [3.8, 4) is 5.69 Å². The Morgan fingerprint density at radius 1 is 1.07 bits per heavy atom. The third kappa shape index (κ3) is 2.64. The summed E-state index contributed by atoms with van der Waals surface area (Å²) in [5, 5.41) is 8.55. The maximum atomic E-state index is 14.3. The molecule has 1 fully saturated rings. The van der Waals surface area contributed by atoms with Crippen LogP contribution in [0, 0.1) is 11.6 Å². The number of nitrogens with zero attached hydrogens (tertiary/aromatic N) is 6. The first-order valence-corrected chi connectivity index (χ1v) is 8.77. The van der Waals surface area contributed by atoms with Crippen LogP contribution in [0.1, 0.15) is 24.4 Å². The Hall–Kier alpha value is -3.29. The number of aromatic nitrogens is 5. The van der Waals surface area contributed by atoms with E-state index in [0.29, 0.717) is 17.0 Å². The molecule has 3 aromatic heterocycles. The van der Waals surface area contributed by atoms with Crippen molar-refractivity contribution < 1.29 is 8.78 Å². The summed E-state index contributed by atoms with van der Waals surface area (Å²) >= 11 is 0. The molecule has 0 spiro atoms. The first-order chi connectivity index (χ1) is 13.2. The van der Waals surface area contributed by atoms with Gasteiger partial charge < -0.3 is 4.90 Å². The second-order valence-electron chi connectivity index (χ2n) is 6.55. The summed E-state index contributed by atoms with van der Waals surface area (Å²) in [6, 6.07) is 7.05. The lowest BCUT2D eigenvalue weighted by atomic mass is 10.0. The molecule has 1 atom stereocenters. The molecule has 1 aromatic carbocycles. The van der Waals surface area contributed by atoms with Gasteiger partial charge in [-0.15, -0.1) is 0 Å². The highest BCUT2D eigenvalue weighted by atomic mass is 19.1. The van der Waals surface area contributed by atoms with Gasteiger partial charge in [0.25, 0.3) is 0 Å². The molecular weight excluding hydrogens is 350 g/mol. The van der Waals surface area contributed by atoms with E-state index in [2.05, 4.69) is 10.2 Å². The van der Waals surface area contributed by atoms with Crippen molar-refractivity contribution in [1.82, 2.24) is 24.4 Å². The van der Waals surface area contributed by atoms with E-state index in [9.17, 15) is 8.78 Å². The van der Waals surface area contributed by atoms with E-state index >= 15 is 0 Å². The fraction of sp³-hybridized carbons (Fsp3) is 0.211. The zero-order valence-electron chi connectivity index (χ0n) is 14.3. The fourth-order valence-corrected chi connectivity index (χ4v) is 3.71. The number of halogens is 2. The highest BCUT2D eigenvalue weighted by Gasteiger charge is 2.30. The van der Waals surface area contributed by atoms with E-state index in [1.807, 2.05) is 29.4 Å². The van der Waals surface area contributed by atoms with Crippen molar-refractivity contribution in [1.29, 1.82) is 0 Å². The van der Waals surface area contributed by atoms with E-state index in [-0.39, 0.29) is 6.04 Å². The molecule has 0 bridgehead atoms. The van der Waals surface area contributed by atoms with Gasteiger partial charge in [0.15, 0.2) is 5.65 Å². The van der Waals surface area contributed by atoms with Crippen LogP contribution in [0.5, 0.6) is 0 Å². The van der Waals surface area contributed by atoms with Crippen LogP contribution in [0.25, 0.3) is 11.3 Å². The SMILES string of the molecule is Fc1ccc(F)c(C2CCCN2c2ccn3ncc(-n4cccn4)c3n2)c1. The summed E-state index contributed by atoms with van der Waals surface area (Å²) in [6.45, 7) is 0.731. The molecule has 0 amide bonds. The average molecular weight is 366 g/mol. The molecule has 8 heteroatoms. The van der Waals surface area contributed by atoms with Crippen LogP contribution in [0.3, 0.4) is 0 Å². The molecule has 1 unspecified atom stereocenters. The average Bonchev–Trinajstić information content (AvgIpc) is 3.42. The Balaban J connectivity index is 1.58. The molecule has 0 aliphatic carbocycles. The minimum Gasteiger partial charge on any atom is -0.349 e. The predicted octanol–water partition coefficient (Wildman–Crippen LogP) is 3.53. The lowest BCUT2D eigenvalue weighted by Crippen LogP contribution is -2.24. The third-order valence-electron chi connectivity index (χ3n) is 4.95. The minimum atomic E-state index is -0.432. The van der Waals surface area contributed by atoms with Crippen LogP contribution in [0.2, 0.25) is 0 Å². The molecule has 0 radical (unpaired) electrons. The van der Waals surface area contributed by atoms with E-state index < -0.39 is 11.6 Å². The molecule has 4 aromatic rings. The normalized spacial score (nSPS) is 17.1. The highest BCUT2D eigenvalue weighted by Crippen LogP contribution is 2.37. The molecule has 1 aliphatic rings. The maximum Gasteiger partial charge on any atom is 0.183 e. The Bertz CT molecular complexity index is 1100. The van der Waals surface area contributed by atoms with Gasteiger partial charge in [0.2, 0.25) is 0 Å². The molecule has 136 valence electrons. The molecule has 1 saturated heterocycles. The molecule has 5 rings (SSSR count). The van der Waals surface area contributed by atoms with E-state index in [0.717, 1.165) is 31.1 Å². The number of fused-ring (bicyclic) bond motifs is 1. The lowest BCUT2D eigenvalue weighted by molar-refractivity contribution is 0.560. The number of benzene rings is 1. The second kappa shape index (κ2) is 6.15. The quantitative estimate of drug-likeness (QED) is 0.557. The Labute approximate surface area is 153 Å². The maximum absolute atomic E-state index is 14.3. The molecule has 0 saturated carbocycles. The Kier molecular flexibility index (Phi) is 3.63. The van der Waals surface area contributed by atoms with Crippen molar-refractivity contribution in [2.24, 2.45) is 0 Å². The first-order valence-electron chi connectivity index (χ1n) is 8.77. The number of rotatable bonds is 3. The van der Waals surface area contributed by atoms with Crippen molar-refractivity contribution in [3.05, 3.63) is 72.3 Å². The van der Waals surface area contributed by atoms with E-state index in [1.54, 1.807) is 21.6 Å². The van der Waals surface area contributed by atoms with Gasteiger partial charge in [0.05, 0.1) is 12.2 Å². The molecule has 1 aliphatic heterocycles. The van der Waals surface area contributed by atoms with Crippen LogP contribution < -0.4 is 4.90 Å². The monoisotopic (exact) mass is 366 g/mol. The fourth-order valence-electron chi connectivity index (χ4n) is 3.71. The van der Waals surface area contributed by atoms with Gasteiger partial charge in [-0.2, -0.15) is 10.2 Å². The lowest BCUT2D eigenvalue weighted by Gasteiger charge is -2.26. The van der Waals surface area contributed by atoms with Crippen molar-refractivity contribution in [2.75, 3.05) is 11.4 Å². The summed E-state index contributed by atoms with van der Waals surface area (Å²) < 4.78 is 31.4. The van der Waals surface area contributed by atoms with E-state index in [4.69, 9.17) is 4.98 Å². The molecule has 0 N–H and O–H groups in total. The van der Waals surface area contributed by atoms with Crippen LogP contribution >= 0.6 is 0 Å². The first kappa shape index (κ1) is 15.9. The number of hydrogen-bond donors (Lipinski definition) is 0. The summed E-state index contributed by atoms with van der Waals surface area (Å²) in [7, 11) is 0. The molecule has 27 heavy (non-hydrogen) atoms. The highest BCUT2D eigenvalue weighted by molar-refractivity contribution is 5.61. The zero-order chi connectivity index (χ0) is 18.4. The van der Waals surface area contributed by atoms with Crippen molar-refractivity contribution in [2.45, 2.75) is 18.9 Å². The van der Waals surface area contributed by atoms with Crippen molar-refractivity contribution >= 4 is 11.5 Å². The predicted molar refractivity (Wildman–Crippen MR) is 95.8 cm³/mol. The van der Waals surface area contributed by atoms with Gasteiger partial charge >= 0.3 is 0 Å². The van der Waals surface area contributed by atoms with Gasteiger partial charge in [0, 0.05) is 30.7 Å². The molecule has 4 heterocycles. The van der Waals surface area contributed by atoms with Crippen LogP contribution in [-0.4, -0.2) is 30.9 Å². The van der Waals surface area contributed by atoms with Crippen molar-refractivity contribution in [3.63, 3.8) is 0 Å². The minimum absolute atomic E-state index is 0.244. The van der Waals surface area contributed by atoms with Gasteiger partial charge in [-0.25, -0.2) is 23.0 Å². The molecular formula is C19H16F2N6. The Morgan fingerprint density at radius 2 is 2.00 bits per heavy atom. The standard InChI is InChI=1S/C19H16F2N6/c20-13-4-5-15(21)14(11-13)16-3-1-8-25(16)18-6-10-27-19(24-18)17(12-23-27)26-9-2-7-22-26/h2,4-7,9-12,16H,1,3,8H2. The van der Waals surface area contributed by atoms with Gasteiger partial charge in [-0.1, -0.05) is 0 Å². The third-order valence-corrected chi connectivity index (χ3v) is 4.95. The second-order valence-corrected chi connectivity index (χ2v) is 6.55. The number of hydrogen-bond acceptors (Lipinski definition) is 4. The van der Waals surface area contributed by atoms with Crippen LogP contribution in [-0.2, 0) is 0 Å². The summed E-state index contributed by atoms with van der Waals surface area (Å²) in [5.74, 6) is -0.114. The summed E-state index contributed by atoms with van der Waals surface area (Å²) in [6.07, 6.45) is 8.68. The van der Waals surface area contributed by atoms with E-state index in [1.165, 1.54) is 12.1 Å². The molecule has 6 nitrogen and oxygen atoms in total. The summed E-state index contributed by atoms with van der Waals surface area (Å²) in [4.78, 5) is 6.78. The summed E-state index contributed by atoms with van der Waals surface area (Å²) in [5.41, 5.74) is 1.78. The topological polar surface area (TPSA) is 51.2 Å². The number of anilines is 1.